The number of urea groups is 1. The summed E-state index contributed by atoms with van der Waals surface area (Å²) in [6, 6.07) is 1.05. The number of hydrogen-bond donors (Lipinski definition) is 2. The number of carbonyl (C=O) groups is 2. The summed E-state index contributed by atoms with van der Waals surface area (Å²) >= 11 is 5.66. The largest absolute Gasteiger partial charge is 0.352 e. The Kier molecular flexibility index (Phi) is 4.78. The Balaban J connectivity index is 2.17. The summed E-state index contributed by atoms with van der Waals surface area (Å²) in [4.78, 5) is 25.7. The van der Waals surface area contributed by atoms with Crippen LogP contribution in [0.25, 0.3) is 0 Å². The number of alkyl halides is 2. The fourth-order valence-corrected chi connectivity index (χ4v) is 4.38. The van der Waals surface area contributed by atoms with Gasteiger partial charge in [-0.15, -0.1) is 0 Å². The average Bonchev–Trinajstić information content (AvgIpc) is 2.55. The first kappa shape index (κ1) is 19.7. The lowest BCUT2D eigenvalue weighted by atomic mass is 9.62. The van der Waals surface area contributed by atoms with E-state index in [0.29, 0.717) is 0 Å². The Morgan fingerprint density at radius 2 is 2.00 bits per heavy atom. The predicted octanol–water partition coefficient (Wildman–Crippen LogP) is 3.02. The highest BCUT2D eigenvalue weighted by atomic mass is 35.5. The maximum Gasteiger partial charge on any atom is 0.315 e. The number of benzene rings is 1. The number of piperazine rings is 1. The highest BCUT2D eigenvalue weighted by Gasteiger charge is 2.59. The van der Waals surface area contributed by atoms with Gasteiger partial charge in [-0.2, -0.15) is 0 Å². The van der Waals surface area contributed by atoms with Crippen molar-refractivity contribution in [3.63, 3.8) is 0 Å². The molecule has 27 heavy (non-hydrogen) atoms. The number of nitrogens with zero attached hydrogens (tertiary/aromatic N) is 1. The van der Waals surface area contributed by atoms with Crippen LogP contribution in [0, 0.1) is 17.6 Å². The Morgan fingerprint density at radius 3 is 2.56 bits per heavy atom. The second kappa shape index (κ2) is 6.54. The molecule has 0 spiro atoms. The van der Waals surface area contributed by atoms with Crippen LogP contribution in [0.15, 0.2) is 12.1 Å². The van der Waals surface area contributed by atoms with Gasteiger partial charge in [0.25, 0.3) is 0 Å². The van der Waals surface area contributed by atoms with Crippen LogP contribution < -0.4 is 11.1 Å². The molecule has 148 valence electrons. The van der Waals surface area contributed by atoms with Crippen LogP contribution in [-0.4, -0.2) is 41.4 Å². The van der Waals surface area contributed by atoms with Gasteiger partial charge in [0.05, 0.1) is 0 Å². The van der Waals surface area contributed by atoms with Crippen LogP contribution in [0.4, 0.5) is 22.4 Å². The second-order valence-corrected chi connectivity index (χ2v) is 7.54. The first-order valence-electron chi connectivity index (χ1n) is 8.35. The minimum absolute atomic E-state index is 0.0354. The van der Waals surface area contributed by atoms with E-state index < -0.39 is 64.7 Å². The standard InChI is InChI=1S/C17H18ClF4N3O2/c1-16(14(26)24-4-5-25(16)15(23)27)11(8-6-17(21,22)7-8)9-2-3-10(19)12(18)13(9)20/h2-3,8,11H,4-7H2,1H3,(H2,23,27)(H,24,26)/t11-,16?/m1/s1. The van der Waals surface area contributed by atoms with Crippen LogP contribution in [0.2, 0.25) is 5.02 Å². The maximum absolute atomic E-state index is 14.8. The minimum atomic E-state index is -2.96. The molecule has 1 aromatic rings. The molecule has 1 aliphatic carbocycles. The zero-order valence-corrected chi connectivity index (χ0v) is 15.1. The van der Waals surface area contributed by atoms with Gasteiger partial charge < -0.3 is 16.0 Å². The molecule has 0 radical (unpaired) electrons. The van der Waals surface area contributed by atoms with E-state index in [1.165, 1.54) is 6.92 Å². The van der Waals surface area contributed by atoms with Gasteiger partial charge in [0.15, 0.2) is 0 Å². The normalized spacial score (nSPS) is 26.3. The van der Waals surface area contributed by atoms with Crippen molar-refractivity contribution in [1.82, 2.24) is 10.2 Å². The van der Waals surface area contributed by atoms with Crippen molar-refractivity contribution in [2.24, 2.45) is 11.7 Å². The van der Waals surface area contributed by atoms with Crippen LogP contribution in [0.5, 0.6) is 0 Å². The third kappa shape index (κ3) is 3.11. The first-order valence-corrected chi connectivity index (χ1v) is 8.73. The fourth-order valence-electron chi connectivity index (χ4n) is 4.20. The predicted molar refractivity (Wildman–Crippen MR) is 89.5 cm³/mol. The van der Waals surface area contributed by atoms with E-state index in [0.717, 1.165) is 17.0 Å². The molecule has 3 rings (SSSR count). The van der Waals surface area contributed by atoms with Crippen molar-refractivity contribution in [2.75, 3.05) is 13.1 Å². The number of carbonyl (C=O) groups excluding carboxylic acids is 2. The van der Waals surface area contributed by atoms with E-state index in [4.69, 9.17) is 17.3 Å². The van der Waals surface area contributed by atoms with E-state index in [-0.39, 0.29) is 18.7 Å². The van der Waals surface area contributed by atoms with Gasteiger partial charge >= 0.3 is 6.03 Å². The first-order chi connectivity index (χ1) is 12.5. The third-order valence-electron chi connectivity index (χ3n) is 5.51. The molecule has 2 fully saturated rings. The van der Waals surface area contributed by atoms with Gasteiger partial charge in [0, 0.05) is 31.8 Å². The molecule has 1 unspecified atom stereocenters. The molecule has 2 aliphatic rings. The SMILES string of the molecule is CC1([C@@H](c2ccc(F)c(Cl)c2F)C2CC(F)(F)C2)C(=O)NCCN1C(N)=O. The van der Waals surface area contributed by atoms with Crippen molar-refractivity contribution in [1.29, 1.82) is 0 Å². The van der Waals surface area contributed by atoms with E-state index >= 15 is 0 Å². The molecule has 1 aromatic carbocycles. The quantitative estimate of drug-likeness (QED) is 0.597. The van der Waals surface area contributed by atoms with Gasteiger partial charge in [0.1, 0.15) is 22.2 Å². The molecule has 0 bridgehead atoms. The highest BCUT2D eigenvalue weighted by molar-refractivity contribution is 6.31. The monoisotopic (exact) mass is 407 g/mol. The number of rotatable bonds is 3. The van der Waals surface area contributed by atoms with Crippen molar-refractivity contribution in [3.05, 3.63) is 34.4 Å². The Bertz CT molecular complexity index is 799. The van der Waals surface area contributed by atoms with Crippen LogP contribution >= 0.6 is 11.6 Å². The van der Waals surface area contributed by atoms with Crippen molar-refractivity contribution in [2.45, 2.75) is 37.1 Å². The van der Waals surface area contributed by atoms with E-state index in [1.807, 2.05) is 0 Å². The van der Waals surface area contributed by atoms with Gasteiger partial charge in [0.2, 0.25) is 11.8 Å². The number of amides is 3. The average molecular weight is 408 g/mol. The van der Waals surface area contributed by atoms with Crippen LogP contribution in [0.1, 0.15) is 31.2 Å². The lowest BCUT2D eigenvalue weighted by Crippen LogP contribution is -2.70. The molecular formula is C17H18ClF4N3O2. The lowest BCUT2D eigenvalue weighted by Gasteiger charge is -2.52. The van der Waals surface area contributed by atoms with Gasteiger partial charge in [-0.1, -0.05) is 17.7 Å². The highest BCUT2D eigenvalue weighted by Crippen LogP contribution is 2.54. The molecule has 2 atom stereocenters. The summed E-state index contributed by atoms with van der Waals surface area (Å²) in [5.41, 5.74) is 3.47. The fraction of sp³-hybridized carbons (Fsp3) is 0.529. The maximum atomic E-state index is 14.8. The molecule has 3 N–H and O–H groups in total. The summed E-state index contributed by atoms with van der Waals surface area (Å²) in [7, 11) is 0. The van der Waals surface area contributed by atoms with Crippen molar-refractivity contribution < 1.29 is 27.2 Å². The minimum Gasteiger partial charge on any atom is -0.352 e. The smallest absolute Gasteiger partial charge is 0.315 e. The lowest BCUT2D eigenvalue weighted by molar-refractivity contribution is -0.149. The Hall–Kier alpha value is -2.03. The van der Waals surface area contributed by atoms with Crippen molar-refractivity contribution >= 4 is 23.5 Å². The zero-order valence-electron chi connectivity index (χ0n) is 14.4. The molecule has 1 saturated carbocycles. The molecular weight excluding hydrogens is 390 g/mol. The summed E-state index contributed by atoms with van der Waals surface area (Å²) in [6.45, 7) is 1.51. The summed E-state index contributed by atoms with van der Waals surface area (Å²) in [5, 5.41) is 1.77. The Labute approximate surface area is 157 Å². The van der Waals surface area contributed by atoms with Crippen LogP contribution in [0.3, 0.4) is 0 Å². The molecule has 1 heterocycles. The number of primary amides is 1. The molecule has 1 saturated heterocycles. The topological polar surface area (TPSA) is 75.4 Å². The number of nitrogens with two attached hydrogens (primary N) is 1. The van der Waals surface area contributed by atoms with Crippen LogP contribution in [-0.2, 0) is 4.79 Å². The van der Waals surface area contributed by atoms with E-state index in [1.54, 1.807) is 0 Å². The van der Waals surface area contributed by atoms with E-state index in [2.05, 4.69) is 5.32 Å². The van der Waals surface area contributed by atoms with Gasteiger partial charge in [-0.05, 0) is 24.5 Å². The second-order valence-electron chi connectivity index (χ2n) is 7.16. The number of nitrogens with one attached hydrogen (secondary N) is 1. The zero-order chi connectivity index (χ0) is 20.1. The van der Waals surface area contributed by atoms with Gasteiger partial charge in [-0.3, -0.25) is 4.79 Å². The molecule has 5 nitrogen and oxygen atoms in total. The Morgan fingerprint density at radius 1 is 1.37 bits per heavy atom. The summed E-state index contributed by atoms with van der Waals surface area (Å²) in [6.07, 6.45) is -1.19. The summed E-state index contributed by atoms with van der Waals surface area (Å²) < 4.78 is 55.5. The van der Waals surface area contributed by atoms with Crippen molar-refractivity contribution in [3.8, 4) is 0 Å². The molecule has 3 amide bonds. The number of halogens is 5. The number of hydrogen-bond acceptors (Lipinski definition) is 2. The molecule has 10 heteroatoms. The molecule has 0 aromatic heterocycles. The summed E-state index contributed by atoms with van der Waals surface area (Å²) in [5.74, 6) is -7.76. The van der Waals surface area contributed by atoms with E-state index in [9.17, 15) is 27.2 Å². The molecule has 1 aliphatic heterocycles. The third-order valence-corrected chi connectivity index (χ3v) is 5.85. The van der Waals surface area contributed by atoms with Gasteiger partial charge in [-0.25, -0.2) is 22.4 Å².